The van der Waals surface area contributed by atoms with Crippen LogP contribution in [0.4, 0.5) is 0 Å². The highest BCUT2D eigenvalue weighted by molar-refractivity contribution is 6.01. The third kappa shape index (κ3) is 2.36. The molecule has 29 heavy (non-hydrogen) atoms. The van der Waals surface area contributed by atoms with E-state index >= 15 is 0 Å². The lowest BCUT2D eigenvalue weighted by Gasteiger charge is -2.51. The molecule has 4 N–H and O–H groups in total. The van der Waals surface area contributed by atoms with Gasteiger partial charge in [-0.3, -0.25) is 14.5 Å². The van der Waals surface area contributed by atoms with Gasteiger partial charge in [0.1, 0.15) is 5.76 Å². The van der Waals surface area contributed by atoms with Gasteiger partial charge in [-0.15, -0.1) is 0 Å². The van der Waals surface area contributed by atoms with E-state index in [1.54, 1.807) is 25.1 Å². The fourth-order valence-corrected chi connectivity index (χ4v) is 7.02. The topological polar surface area (TPSA) is 104 Å². The van der Waals surface area contributed by atoms with Crippen LogP contribution in [0.15, 0.2) is 46.8 Å². The number of nitrogens with two attached hydrogens (primary N) is 1. The van der Waals surface area contributed by atoms with Gasteiger partial charge in [0.05, 0.1) is 17.7 Å². The third-order valence-electron chi connectivity index (χ3n) is 8.11. The summed E-state index contributed by atoms with van der Waals surface area (Å²) < 4.78 is 0. The van der Waals surface area contributed by atoms with Crippen LogP contribution in [0.25, 0.3) is 0 Å². The smallest absolute Gasteiger partial charge is 0.252 e. The lowest BCUT2D eigenvalue weighted by atomic mass is 9.55. The quantitative estimate of drug-likeness (QED) is 0.611. The summed E-state index contributed by atoms with van der Waals surface area (Å²) in [6.07, 6.45) is 8.09. The second kappa shape index (κ2) is 6.16. The van der Waals surface area contributed by atoms with Crippen LogP contribution in [0.1, 0.15) is 13.3 Å². The number of likely N-dealkylation sites (N-methyl/N-ethyl adjacent to an activating group) is 1. The van der Waals surface area contributed by atoms with Crippen molar-refractivity contribution in [2.45, 2.75) is 25.5 Å². The first-order valence-electron chi connectivity index (χ1n) is 10.5. The van der Waals surface area contributed by atoms with Crippen molar-refractivity contribution in [1.82, 2.24) is 4.90 Å². The Morgan fingerprint density at radius 1 is 1.14 bits per heavy atom. The van der Waals surface area contributed by atoms with Crippen LogP contribution in [0.3, 0.4) is 0 Å². The summed E-state index contributed by atoms with van der Waals surface area (Å²) >= 11 is 0. The summed E-state index contributed by atoms with van der Waals surface area (Å²) in [6.45, 7) is 2.16. The zero-order valence-corrected chi connectivity index (χ0v) is 16.9. The van der Waals surface area contributed by atoms with Crippen molar-refractivity contribution in [2.75, 3.05) is 14.1 Å². The molecule has 9 unspecified atom stereocenters. The van der Waals surface area contributed by atoms with Crippen LogP contribution in [0, 0.1) is 41.4 Å². The standard InChI is InChI=1S/C23H28N2O4/c1-9-15-10-4-5-11(6-10)17(15)20(26)13-7-12-8-14(23(24)29)21(27)19(25(2)3)18(12)22(28)16(9)13/h4-5,7-11,15-19,22,27-28H,6H2,1-3H3,(H2,24,29). The fraction of sp³-hybridized carbons (Fsp3) is 0.565. The summed E-state index contributed by atoms with van der Waals surface area (Å²) in [4.78, 5) is 27.2. The van der Waals surface area contributed by atoms with Crippen molar-refractivity contribution < 1.29 is 19.8 Å². The average molecular weight is 396 g/mol. The van der Waals surface area contributed by atoms with Gasteiger partial charge >= 0.3 is 0 Å². The molecule has 6 nitrogen and oxygen atoms in total. The first kappa shape index (κ1) is 18.8. The maximum Gasteiger partial charge on any atom is 0.252 e. The number of allylic oxidation sites excluding steroid dienone is 3. The van der Waals surface area contributed by atoms with Crippen molar-refractivity contribution in [3.05, 3.63) is 46.8 Å². The number of hydrogen-bond acceptors (Lipinski definition) is 5. The van der Waals surface area contributed by atoms with Gasteiger partial charge in [-0.1, -0.05) is 25.2 Å². The average Bonchev–Trinajstić information content (AvgIpc) is 3.27. The maximum atomic E-state index is 13.5. The summed E-state index contributed by atoms with van der Waals surface area (Å²) in [5.74, 6) is -0.184. The molecule has 0 saturated heterocycles. The molecule has 2 fully saturated rings. The minimum absolute atomic E-state index is 0.000332. The van der Waals surface area contributed by atoms with E-state index in [1.807, 2.05) is 6.08 Å². The third-order valence-corrected chi connectivity index (χ3v) is 8.11. The summed E-state index contributed by atoms with van der Waals surface area (Å²) in [6, 6.07) is -0.565. The number of carbonyl (C=O) groups excluding carboxylic acids is 2. The zero-order valence-electron chi connectivity index (χ0n) is 16.9. The monoisotopic (exact) mass is 396 g/mol. The molecule has 0 aromatic heterocycles. The van der Waals surface area contributed by atoms with Crippen LogP contribution in [-0.4, -0.2) is 53.0 Å². The van der Waals surface area contributed by atoms with Gasteiger partial charge in [-0.25, -0.2) is 0 Å². The molecule has 6 heteroatoms. The van der Waals surface area contributed by atoms with E-state index in [-0.39, 0.29) is 40.8 Å². The number of rotatable bonds is 2. The van der Waals surface area contributed by atoms with E-state index < -0.39 is 24.0 Å². The van der Waals surface area contributed by atoms with Crippen LogP contribution < -0.4 is 5.73 Å². The second-order valence-electron chi connectivity index (χ2n) is 9.63. The Morgan fingerprint density at radius 2 is 1.83 bits per heavy atom. The number of carbonyl (C=O) groups is 2. The largest absolute Gasteiger partial charge is 0.510 e. The minimum atomic E-state index is -0.812. The first-order chi connectivity index (χ1) is 13.7. The van der Waals surface area contributed by atoms with E-state index in [9.17, 15) is 19.8 Å². The second-order valence-corrected chi connectivity index (χ2v) is 9.63. The van der Waals surface area contributed by atoms with Gasteiger partial charge in [0.25, 0.3) is 5.91 Å². The molecule has 1 amide bonds. The van der Waals surface area contributed by atoms with Crippen LogP contribution in [0.5, 0.6) is 0 Å². The van der Waals surface area contributed by atoms with Gasteiger partial charge in [-0.05, 0) is 55.8 Å². The number of fused-ring (bicyclic) bond motifs is 7. The van der Waals surface area contributed by atoms with Gasteiger partial charge < -0.3 is 15.9 Å². The Balaban J connectivity index is 1.65. The van der Waals surface area contributed by atoms with Gasteiger partial charge in [0, 0.05) is 23.3 Å². The van der Waals surface area contributed by atoms with Crippen molar-refractivity contribution in [1.29, 1.82) is 0 Å². The van der Waals surface area contributed by atoms with E-state index in [1.165, 1.54) is 0 Å². The normalized spacial score (nSPS) is 45.0. The lowest BCUT2D eigenvalue weighted by molar-refractivity contribution is -0.128. The Morgan fingerprint density at radius 3 is 2.48 bits per heavy atom. The highest BCUT2D eigenvalue weighted by Gasteiger charge is 2.59. The number of nitrogens with zero attached hydrogens (tertiary/aromatic N) is 1. The Hall–Kier alpha value is -2.18. The number of Topliss-reactive ketones (excluding diaryl/α,β-unsaturated/α-hetero) is 1. The number of aliphatic hydroxyl groups excluding tert-OH is 2. The van der Waals surface area contributed by atoms with E-state index in [4.69, 9.17) is 5.73 Å². The molecule has 5 rings (SSSR count). The Kier molecular flexibility index (Phi) is 4.00. The summed E-state index contributed by atoms with van der Waals surface area (Å²) in [7, 11) is 3.61. The molecule has 0 spiro atoms. The highest BCUT2D eigenvalue weighted by atomic mass is 16.3. The summed E-state index contributed by atoms with van der Waals surface area (Å²) in [5.41, 5.74) is 6.92. The zero-order chi connectivity index (χ0) is 20.8. The van der Waals surface area contributed by atoms with Crippen molar-refractivity contribution >= 4 is 11.7 Å². The maximum absolute atomic E-state index is 13.5. The number of amides is 1. The number of ketones is 1. The molecule has 0 heterocycles. The Labute approximate surface area is 170 Å². The molecular weight excluding hydrogens is 368 g/mol. The number of hydrogen-bond donors (Lipinski definition) is 3. The van der Waals surface area contributed by atoms with Crippen molar-refractivity contribution in [2.24, 2.45) is 47.2 Å². The van der Waals surface area contributed by atoms with Gasteiger partial charge in [0.15, 0.2) is 5.78 Å². The molecular formula is C23H28N2O4. The predicted octanol–water partition coefficient (Wildman–Crippen LogP) is 1.34. The van der Waals surface area contributed by atoms with Gasteiger partial charge in [0.2, 0.25) is 0 Å². The molecule has 5 aliphatic rings. The summed E-state index contributed by atoms with van der Waals surface area (Å²) in [5, 5.41) is 22.3. The molecule has 2 saturated carbocycles. The highest BCUT2D eigenvalue weighted by Crippen LogP contribution is 2.59. The number of primary amides is 1. The van der Waals surface area contributed by atoms with Crippen LogP contribution in [0.2, 0.25) is 0 Å². The number of aliphatic hydroxyl groups is 2. The molecule has 9 atom stereocenters. The van der Waals surface area contributed by atoms with E-state index in [2.05, 4.69) is 19.1 Å². The van der Waals surface area contributed by atoms with E-state index in [0.717, 1.165) is 6.42 Å². The van der Waals surface area contributed by atoms with E-state index in [0.29, 0.717) is 23.0 Å². The molecule has 5 aliphatic carbocycles. The van der Waals surface area contributed by atoms with Gasteiger partial charge in [-0.2, -0.15) is 0 Å². The molecule has 0 radical (unpaired) electrons. The lowest BCUT2D eigenvalue weighted by Crippen LogP contribution is -2.55. The fourth-order valence-electron chi connectivity index (χ4n) is 7.02. The van der Waals surface area contributed by atoms with Crippen molar-refractivity contribution in [3.8, 4) is 0 Å². The first-order valence-corrected chi connectivity index (χ1v) is 10.5. The van der Waals surface area contributed by atoms with Crippen LogP contribution >= 0.6 is 0 Å². The molecule has 154 valence electrons. The molecule has 2 bridgehead atoms. The molecule has 0 aromatic rings. The minimum Gasteiger partial charge on any atom is -0.510 e. The SMILES string of the molecule is CC1C2C(=CC3=CC(C(N)=O)=C(O)C(N(C)C)C3C2O)C(=O)C2C3C=CC(C3)C12. The van der Waals surface area contributed by atoms with Crippen LogP contribution in [-0.2, 0) is 9.59 Å². The Bertz CT molecular complexity index is 927. The predicted molar refractivity (Wildman–Crippen MR) is 107 cm³/mol. The molecule has 0 aliphatic heterocycles. The molecule has 0 aromatic carbocycles. The van der Waals surface area contributed by atoms with Crippen molar-refractivity contribution in [3.63, 3.8) is 0 Å².